The molecular formula is C9H10N4O5. The molecule has 1 aliphatic rings. The maximum absolute atomic E-state index is 11.6. The standard InChI is InChI=1S/C9H10N4O5/c1-18-8(17)6-10-9(12-11-6)13-3-4(7(15)16)2-5(13)14/h4H,2-3H2,1H3,(H,15,16)(H,10,11,12). The number of aromatic nitrogens is 3. The van der Waals surface area contributed by atoms with Gasteiger partial charge in [0.05, 0.1) is 13.0 Å². The highest BCUT2D eigenvalue weighted by atomic mass is 16.5. The first kappa shape index (κ1) is 12.0. The van der Waals surface area contributed by atoms with Gasteiger partial charge in [0, 0.05) is 13.0 Å². The minimum atomic E-state index is -1.05. The number of rotatable bonds is 3. The fraction of sp³-hybridized carbons (Fsp3) is 0.444. The number of nitrogens with zero attached hydrogens (tertiary/aromatic N) is 3. The van der Waals surface area contributed by atoms with E-state index in [0.29, 0.717) is 0 Å². The molecule has 2 N–H and O–H groups in total. The van der Waals surface area contributed by atoms with E-state index in [2.05, 4.69) is 19.9 Å². The maximum atomic E-state index is 11.6. The second-order valence-electron chi connectivity index (χ2n) is 3.72. The van der Waals surface area contributed by atoms with Gasteiger partial charge in [0.1, 0.15) is 0 Å². The van der Waals surface area contributed by atoms with E-state index < -0.39 is 23.8 Å². The third-order valence-corrected chi connectivity index (χ3v) is 2.57. The molecule has 0 bridgehead atoms. The molecule has 0 aliphatic carbocycles. The van der Waals surface area contributed by atoms with Gasteiger partial charge in [-0.15, -0.1) is 5.10 Å². The van der Waals surface area contributed by atoms with Crippen LogP contribution >= 0.6 is 0 Å². The molecule has 9 nitrogen and oxygen atoms in total. The number of amides is 1. The third-order valence-electron chi connectivity index (χ3n) is 2.57. The van der Waals surface area contributed by atoms with Gasteiger partial charge in [-0.3, -0.25) is 19.6 Å². The molecule has 96 valence electrons. The summed E-state index contributed by atoms with van der Waals surface area (Å²) in [5.41, 5.74) is 0. The SMILES string of the molecule is COC(=O)c1nc(N2CC(C(=O)O)CC2=O)n[nH]1. The Morgan fingerprint density at radius 3 is 2.83 bits per heavy atom. The summed E-state index contributed by atoms with van der Waals surface area (Å²) in [6.07, 6.45) is -0.0998. The molecular weight excluding hydrogens is 244 g/mol. The highest BCUT2D eigenvalue weighted by Gasteiger charge is 2.37. The Morgan fingerprint density at radius 2 is 2.28 bits per heavy atom. The maximum Gasteiger partial charge on any atom is 0.375 e. The van der Waals surface area contributed by atoms with Crippen LogP contribution in [0.3, 0.4) is 0 Å². The van der Waals surface area contributed by atoms with Crippen molar-refractivity contribution in [1.29, 1.82) is 0 Å². The van der Waals surface area contributed by atoms with E-state index in [1.165, 1.54) is 7.11 Å². The largest absolute Gasteiger partial charge is 0.481 e. The van der Waals surface area contributed by atoms with Crippen molar-refractivity contribution in [2.45, 2.75) is 6.42 Å². The van der Waals surface area contributed by atoms with Crippen LogP contribution in [0.5, 0.6) is 0 Å². The molecule has 0 aromatic carbocycles. The van der Waals surface area contributed by atoms with E-state index >= 15 is 0 Å². The van der Waals surface area contributed by atoms with Gasteiger partial charge in [-0.2, -0.15) is 4.98 Å². The number of aliphatic carboxylic acids is 1. The second-order valence-corrected chi connectivity index (χ2v) is 3.72. The number of anilines is 1. The van der Waals surface area contributed by atoms with Crippen LogP contribution in [-0.4, -0.2) is 51.8 Å². The number of methoxy groups -OCH3 is 1. The summed E-state index contributed by atoms with van der Waals surface area (Å²) < 4.78 is 4.43. The number of carboxylic acids is 1. The second kappa shape index (κ2) is 4.43. The van der Waals surface area contributed by atoms with Gasteiger partial charge in [0.25, 0.3) is 5.95 Å². The molecule has 18 heavy (non-hydrogen) atoms. The van der Waals surface area contributed by atoms with Gasteiger partial charge >= 0.3 is 11.9 Å². The number of aromatic amines is 1. The van der Waals surface area contributed by atoms with E-state index in [9.17, 15) is 14.4 Å². The summed E-state index contributed by atoms with van der Waals surface area (Å²) in [5, 5.41) is 14.8. The van der Waals surface area contributed by atoms with Gasteiger partial charge in [0.15, 0.2) is 0 Å². The number of ether oxygens (including phenoxy) is 1. The molecule has 1 amide bonds. The Bertz CT molecular complexity index is 511. The fourth-order valence-corrected chi connectivity index (χ4v) is 1.63. The number of carbonyl (C=O) groups is 3. The van der Waals surface area contributed by atoms with Crippen molar-refractivity contribution in [1.82, 2.24) is 15.2 Å². The van der Waals surface area contributed by atoms with Crippen LogP contribution in [0.25, 0.3) is 0 Å². The average molecular weight is 254 g/mol. The van der Waals surface area contributed by atoms with Crippen molar-refractivity contribution in [2.24, 2.45) is 5.92 Å². The summed E-state index contributed by atoms with van der Waals surface area (Å²) in [5.74, 6) is -3.09. The lowest BCUT2D eigenvalue weighted by molar-refractivity contribution is -0.141. The summed E-state index contributed by atoms with van der Waals surface area (Å²) in [4.78, 5) is 38.4. The predicted molar refractivity (Wildman–Crippen MR) is 55.8 cm³/mol. The Balaban J connectivity index is 2.17. The van der Waals surface area contributed by atoms with Crippen LogP contribution in [0, 0.1) is 5.92 Å². The van der Waals surface area contributed by atoms with Crippen LogP contribution in [-0.2, 0) is 14.3 Å². The molecule has 2 heterocycles. The van der Waals surface area contributed by atoms with Crippen LogP contribution in [0.2, 0.25) is 0 Å². The molecule has 1 unspecified atom stereocenters. The van der Waals surface area contributed by atoms with Crippen LogP contribution < -0.4 is 4.90 Å². The zero-order valence-electron chi connectivity index (χ0n) is 9.41. The molecule has 1 aromatic heterocycles. The molecule has 1 aromatic rings. The lowest BCUT2D eigenvalue weighted by atomic mass is 10.1. The number of hydrogen-bond acceptors (Lipinski definition) is 6. The molecule has 2 rings (SSSR count). The highest BCUT2D eigenvalue weighted by molar-refractivity contribution is 5.98. The van der Waals surface area contributed by atoms with E-state index in [0.717, 1.165) is 4.90 Å². The number of carboxylic acid groups (broad SMARTS) is 1. The Hall–Kier alpha value is -2.45. The van der Waals surface area contributed by atoms with Crippen LogP contribution in [0.4, 0.5) is 5.95 Å². The molecule has 0 saturated carbocycles. The highest BCUT2D eigenvalue weighted by Crippen LogP contribution is 2.22. The minimum Gasteiger partial charge on any atom is -0.481 e. The molecule has 1 saturated heterocycles. The average Bonchev–Trinajstić information content (AvgIpc) is 2.94. The summed E-state index contributed by atoms with van der Waals surface area (Å²) >= 11 is 0. The van der Waals surface area contributed by atoms with Crippen molar-refractivity contribution in [3.05, 3.63) is 5.82 Å². The first-order valence-corrected chi connectivity index (χ1v) is 5.06. The Kier molecular flexibility index (Phi) is 2.96. The summed E-state index contributed by atoms with van der Waals surface area (Å²) in [6.45, 7) is -0.00731. The topological polar surface area (TPSA) is 125 Å². The molecule has 1 aliphatic heterocycles. The number of nitrogens with one attached hydrogen (secondary N) is 1. The monoisotopic (exact) mass is 254 g/mol. The fourth-order valence-electron chi connectivity index (χ4n) is 1.63. The Morgan fingerprint density at radius 1 is 1.56 bits per heavy atom. The quantitative estimate of drug-likeness (QED) is 0.664. The number of esters is 1. The van der Waals surface area contributed by atoms with E-state index in [1.807, 2.05) is 0 Å². The van der Waals surface area contributed by atoms with Gasteiger partial charge in [0.2, 0.25) is 11.7 Å². The van der Waals surface area contributed by atoms with E-state index in [4.69, 9.17) is 5.11 Å². The van der Waals surface area contributed by atoms with Crippen LogP contribution in [0.15, 0.2) is 0 Å². The molecule has 0 spiro atoms. The normalized spacial score (nSPS) is 19.1. The Labute approximate surface area is 101 Å². The molecule has 0 radical (unpaired) electrons. The smallest absolute Gasteiger partial charge is 0.375 e. The van der Waals surface area contributed by atoms with E-state index in [-0.39, 0.29) is 24.7 Å². The number of carbonyl (C=O) groups excluding carboxylic acids is 2. The van der Waals surface area contributed by atoms with Crippen molar-refractivity contribution in [3.63, 3.8) is 0 Å². The van der Waals surface area contributed by atoms with Crippen molar-refractivity contribution in [2.75, 3.05) is 18.6 Å². The van der Waals surface area contributed by atoms with Crippen molar-refractivity contribution < 1.29 is 24.2 Å². The van der Waals surface area contributed by atoms with Gasteiger partial charge in [-0.05, 0) is 0 Å². The number of hydrogen-bond donors (Lipinski definition) is 2. The molecule has 1 atom stereocenters. The van der Waals surface area contributed by atoms with Gasteiger partial charge in [-0.25, -0.2) is 4.79 Å². The predicted octanol–water partition coefficient (Wildman–Crippen LogP) is -0.971. The van der Waals surface area contributed by atoms with E-state index in [1.54, 1.807) is 0 Å². The lowest BCUT2D eigenvalue weighted by Gasteiger charge is -2.09. The lowest BCUT2D eigenvalue weighted by Crippen LogP contribution is -2.27. The minimum absolute atomic E-state index is 0.00731. The molecule has 9 heteroatoms. The van der Waals surface area contributed by atoms with Crippen molar-refractivity contribution >= 4 is 23.8 Å². The van der Waals surface area contributed by atoms with Crippen LogP contribution in [0.1, 0.15) is 17.0 Å². The van der Waals surface area contributed by atoms with Gasteiger partial charge < -0.3 is 9.84 Å². The zero-order chi connectivity index (χ0) is 13.3. The zero-order valence-corrected chi connectivity index (χ0v) is 9.41. The van der Waals surface area contributed by atoms with Gasteiger partial charge in [-0.1, -0.05) is 0 Å². The summed E-state index contributed by atoms with van der Waals surface area (Å²) in [7, 11) is 1.19. The molecule has 1 fully saturated rings. The third kappa shape index (κ3) is 2.01. The van der Waals surface area contributed by atoms with Crippen molar-refractivity contribution in [3.8, 4) is 0 Å². The number of H-pyrrole nitrogens is 1. The first-order valence-electron chi connectivity index (χ1n) is 5.06. The first-order chi connectivity index (χ1) is 8.52. The summed E-state index contributed by atoms with van der Waals surface area (Å²) in [6, 6.07) is 0.